The Bertz CT molecular complexity index is 759. The van der Waals surface area contributed by atoms with Crippen LogP contribution in [-0.4, -0.2) is 84.0 Å². The highest BCUT2D eigenvalue weighted by atomic mass is 32.2. The molecule has 0 aliphatic carbocycles. The summed E-state index contributed by atoms with van der Waals surface area (Å²) in [6.45, 7) is 0.981. The first-order valence-electron chi connectivity index (χ1n) is 7.98. The van der Waals surface area contributed by atoms with E-state index in [4.69, 9.17) is 4.74 Å². The van der Waals surface area contributed by atoms with Crippen molar-refractivity contribution >= 4 is 21.7 Å². The van der Waals surface area contributed by atoms with Gasteiger partial charge in [0.05, 0.1) is 12.8 Å². The zero-order chi connectivity index (χ0) is 18.1. The third-order valence-corrected chi connectivity index (χ3v) is 7.23. The average Bonchev–Trinajstić information content (AvgIpc) is 2.79. The summed E-state index contributed by atoms with van der Waals surface area (Å²) in [7, 11) is -2.09. The topological polar surface area (TPSA) is 110 Å². The number of amides is 2. The lowest BCUT2D eigenvalue weighted by atomic mass is 10.0. The van der Waals surface area contributed by atoms with Gasteiger partial charge < -0.3 is 14.5 Å². The number of ether oxygens (including phenoxy) is 1. The molecule has 0 aromatic carbocycles. The van der Waals surface area contributed by atoms with E-state index in [1.54, 1.807) is 4.90 Å². The molecule has 0 unspecified atom stereocenters. The lowest BCUT2D eigenvalue weighted by Gasteiger charge is -2.43. The standard InChI is InChI=1S/C15H20N4O5S/c1-24-9-8-19-13(20)11-25(22,23)15(19)2-6-18(7-3-15)14(21)12-10-16-4-5-17-12/h4-5,10H,2-3,6-9,11H2,1H3. The van der Waals surface area contributed by atoms with Crippen LogP contribution in [0, 0.1) is 0 Å². The van der Waals surface area contributed by atoms with Crippen molar-refractivity contribution < 1.29 is 22.7 Å². The fourth-order valence-corrected chi connectivity index (χ4v) is 5.58. The molecule has 2 saturated heterocycles. The van der Waals surface area contributed by atoms with Gasteiger partial charge in [0.1, 0.15) is 16.3 Å². The van der Waals surface area contributed by atoms with Gasteiger partial charge in [-0.05, 0) is 0 Å². The number of carbonyl (C=O) groups is 2. The minimum absolute atomic E-state index is 0.191. The Hall–Kier alpha value is -2.07. The number of rotatable bonds is 4. The van der Waals surface area contributed by atoms with Crippen LogP contribution in [0.2, 0.25) is 0 Å². The predicted octanol–water partition coefficient (Wildman–Crippen LogP) is -0.688. The second-order valence-corrected chi connectivity index (χ2v) is 8.40. The van der Waals surface area contributed by atoms with Crippen LogP contribution in [0.15, 0.2) is 18.6 Å². The number of hydrogen-bond acceptors (Lipinski definition) is 7. The van der Waals surface area contributed by atoms with E-state index >= 15 is 0 Å². The third-order valence-electron chi connectivity index (χ3n) is 4.82. The summed E-state index contributed by atoms with van der Waals surface area (Å²) in [5, 5.41) is 0. The Labute approximate surface area is 145 Å². The van der Waals surface area contributed by atoms with Gasteiger partial charge in [0.2, 0.25) is 5.91 Å². The minimum Gasteiger partial charge on any atom is -0.383 e. The quantitative estimate of drug-likeness (QED) is 0.692. The van der Waals surface area contributed by atoms with E-state index in [9.17, 15) is 18.0 Å². The number of piperidine rings is 1. The number of aromatic nitrogens is 2. The van der Waals surface area contributed by atoms with E-state index in [0.717, 1.165) is 0 Å². The SMILES string of the molecule is COCCN1C(=O)CS(=O)(=O)C12CCN(C(=O)c1cnccn1)CC2. The van der Waals surface area contributed by atoms with E-state index in [1.807, 2.05) is 0 Å². The molecule has 0 bridgehead atoms. The molecule has 0 atom stereocenters. The number of likely N-dealkylation sites (tertiary alicyclic amines) is 1. The molecule has 2 fully saturated rings. The Morgan fingerprint density at radius 1 is 1.32 bits per heavy atom. The highest BCUT2D eigenvalue weighted by Crippen LogP contribution is 2.39. The number of nitrogens with zero attached hydrogens (tertiary/aromatic N) is 4. The van der Waals surface area contributed by atoms with Crippen molar-refractivity contribution in [1.82, 2.24) is 19.8 Å². The van der Waals surface area contributed by atoms with Crippen LogP contribution in [0.25, 0.3) is 0 Å². The fourth-order valence-electron chi connectivity index (χ4n) is 3.49. The molecule has 3 rings (SSSR count). The van der Waals surface area contributed by atoms with Gasteiger partial charge in [-0.25, -0.2) is 13.4 Å². The van der Waals surface area contributed by atoms with Crippen LogP contribution in [0.3, 0.4) is 0 Å². The van der Waals surface area contributed by atoms with Gasteiger partial charge >= 0.3 is 0 Å². The first kappa shape index (κ1) is 17.7. The zero-order valence-electron chi connectivity index (χ0n) is 13.9. The molecule has 1 aromatic heterocycles. The van der Waals surface area contributed by atoms with E-state index in [-0.39, 0.29) is 50.7 Å². The summed E-state index contributed by atoms with van der Waals surface area (Å²) >= 11 is 0. The zero-order valence-corrected chi connectivity index (χ0v) is 14.7. The Balaban J connectivity index is 1.78. The fraction of sp³-hybridized carbons (Fsp3) is 0.600. The maximum atomic E-state index is 12.6. The molecule has 0 saturated carbocycles. The molecule has 25 heavy (non-hydrogen) atoms. The predicted molar refractivity (Wildman–Crippen MR) is 87.3 cm³/mol. The summed E-state index contributed by atoms with van der Waals surface area (Å²) in [5.74, 6) is -1.16. The molecule has 3 heterocycles. The van der Waals surface area contributed by atoms with Gasteiger partial charge in [-0.2, -0.15) is 0 Å². The highest BCUT2D eigenvalue weighted by molar-refractivity contribution is 7.93. The molecule has 0 N–H and O–H groups in total. The second kappa shape index (κ2) is 6.68. The van der Waals surface area contributed by atoms with Crippen LogP contribution < -0.4 is 0 Å². The molecule has 136 valence electrons. The van der Waals surface area contributed by atoms with Gasteiger partial charge in [0.25, 0.3) is 5.91 Å². The Morgan fingerprint density at radius 3 is 2.64 bits per heavy atom. The average molecular weight is 368 g/mol. The molecular formula is C15H20N4O5S. The van der Waals surface area contributed by atoms with E-state index in [0.29, 0.717) is 0 Å². The van der Waals surface area contributed by atoms with Crippen LogP contribution >= 0.6 is 0 Å². The molecule has 2 amide bonds. The van der Waals surface area contributed by atoms with Crippen molar-refractivity contribution in [3.63, 3.8) is 0 Å². The summed E-state index contributed by atoms with van der Waals surface area (Å²) in [4.78, 5) is 34.3. The van der Waals surface area contributed by atoms with Crippen LogP contribution in [-0.2, 0) is 19.4 Å². The van der Waals surface area contributed by atoms with Crippen molar-refractivity contribution in [2.45, 2.75) is 17.7 Å². The highest BCUT2D eigenvalue weighted by Gasteiger charge is 2.58. The smallest absolute Gasteiger partial charge is 0.274 e. The van der Waals surface area contributed by atoms with E-state index in [2.05, 4.69) is 9.97 Å². The van der Waals surface area contributed by atoms with Gasteiger partial charge in [-0.15, -0.1) is 0 Å². The van der Waals surface area contributed by atoms with Gasteiger partial charge in [0, 0.05) is 52.0 Å². The molecule has 1 aromatic rings. The molecule has 9 nitrogen and oxygen atoms in total. The summed E-state index contributed by atoms with van der Waals surface area (Å²) < 4.78 is 30.3. The largest absolute Gasteiger partial charge is 0.383 e. The summed E-state index contributed by atoms with van der Waals surface area (Å²) in [6.07, 6.45) is 4.68. The lowest BCUT2D eigenvalue weighted by Crippen LogP contribution is -2.57. The minimum atomic E-state index is -3.60. The molecule has 0 radical (unpaired) electrons. The van der Waals surface area contributed by atoms with Gasteiger partial charge in [-0.3, -0.25) is 14.6 Å². The van der Waals surface area contributed by atoms with Crippen molar-refractivity contribution in [1.29, 1.82) is 0 Å². The monoisotopic (exact) mass is 368 g/mol. The number of carbonyl (C=O) groups excluding carboxylic acids is 2. The van der Waals surface area contributed by atoms with Crippen molar-refractivity contribution in [2.24, 2.45) is 0 Å². The van der Waals surface area contributed by atoms with Gasteiger partial charge in [0.15, 0.2) is 9.84 Å². The molecule has 1 spiro atoms. The van der Waals surface area contributed by atoms with Crippen LogP contribution in [0.5, 0.6) is 0 Å². The maximum absolute atomic E-state index is 12.6. The van der Waals surface area contributed by atoms with Crippen LogP contribution in [0.1, 0.15) is 23.3 Å². The normalized spacial score (nSPS) is 21.7. The number of hydrogen-bond donors (Lipinski definition) is 0. The van der Waals surface area contributed by atoms with Gasteiger partial charge in [-0.1, -0.05) is 0 Å². The molecule has 10 heteroatoms. The summed E-state index contributed by atoms with van der Waals surface area (Å²) in [6, 6.07) is 0. The molecule has 2 aliphatic heterocycles. The van der Waals surface area contributed by atoms with E-state index < -0.39 is 26.4 Å². The maximum Gasteiger partial charge on any atom is 0.274 e. The second-order valence-electron chi connectivity index (χ2n) is 6.13. The summed E-state index contributed by atoms with van der Waals surface area (Å²) in [5.41, 5.74) is 0.222. The lowest BCUT2D eigenvalue weighted by molar-refractivity contribution is -0.131. The molecular weight excluding hydrogens is 348 g/mol. The molecule has 2 aliphatic rings. The number of methoxy groups -OCH3 is 1. The van der Waals surface area contributed by atoms with Crippen molar-refractivity contribution in [3.8, 4) is 0 Å². The Kier molecular flexibility index (Phi) is 4.74. The first-order chi connectivity index (χ1) is 11.9. The number of sulfone groups is 1. The van der Waals surface area contributed by atoms with Crippen LogP contribution in [0.4, 0.5) is 0 Å². The van der Waals surface area contributed by atoms with Crippen molar-refractivity contribution in [3.05, 3.63) is 24.3 Å². The van der Waals surface area contributed by atoms with Crippen molar-refractivity contribution in [2.75, 3.05) is 39.1 Å². The Morgan fingerprint density at radius 2 is 2.04 bits per heavy atom. The first-order valence-corrected chi connectivity index (χ1v) is 9.63. The van der Waals surface area contributed by atoms with E-state index in [1.165, 1.54) is 30.6 Å². The third kappa shape index (κ3) is 2.99.